The summed E-state index contributed by atoms with van der Waals surface area (Å²) in [6.07, 6.45) is 4.93. The van der Waals surface area contributed by atoms with Crippen LogP contribution in [0.5, 0.6) is 0 Å². The average Bonchev–Trinajstić information content (AvgIpc) is 2.75. The lowest BCUT2D eigenvalue weighted by molar-refractivity contribution is -0.0301. The molecule has 0 aromatic rings. The zero-order chi connectivity index (χ0) is 17.8. The third-order valence-corrected chi connectivity index (χ3v) is 6.58. The van der Waals surface area contributed by atoms with Gasteiger partial charge < -0.3 is 29.9 Å². The zero-order valence-corrected chi connectivity index (χ0v) is 15.8. The molecule has 2 unspecified atom stereocenters. The number of piperidine rings is 2. The molecule has 2 amide bonds. The molecule has 2 atom stereocenters. The second-order valence-electron chi connectivity index (χ2n) is 8.16. The van der Waals surface area contributed by atoms with Crippen molar-refractivity contribution in [2.75, 3.05) is 65.6 Å². The molecule has 0 aromatic carbocycles. The second kappa shape index (κ2) is 8.87. The van der Waals surface area contributed by atoms with Gasteiger partial charge in [-0.25, -0.2) is 4.79 Å². The number of nitrogens with zero attached hydrogens (tertiary/aromatic N) is 2. The quantitative estimate of drug-likeness (QED) is 0.745. The Kier molecular flexibility index (Phi) is 6.30. The Balaban J connectivity index is 1.20. The number of carbonyl (C=O) groups is 1. The van der Waals surface area contributed by atoms with Crippen molar-refractivity contribution in [3.05, 3.63) is 0 Å². The molecule has 4 rings (SSSR count). The summed E-state index contributed by atoms with van der Waals surface area (Å²) in [5.74, 6) is 1.18. The number of amides is 2. The highest BCUT2D eigenvalue weighted by atomic mass is 16.5. The van der Waals surface area contributed by atoms with E-state index in [9.17, 15) is 4.79 Å². The molecule has 148 valence electrons. The van der Waals surface area contributed by atoms with Gasteiger partial charge in [0.1, 0.15) is 0 Å². The highest BCUT2D eigenvalue weighted by molar-refractivity contribution is 5.74. The molecule has 4 aliphatic rings. The van der Waals surface area contributed by atoms with Crippen molar-refractivity contribution in [2.24, 2.45) is 11.8 Å². The van der Waals surface area contributed by atoms with Crippen LogP contribution in [0.1, 0.15) is 25.7 Å². The third-order valence-electron chi connectivity index (χ3n) is 6.58. The minimum absolute atomic E-state index is 0.243. The van der Waals surface area contributed by atoms with Crippen LogP contribution in [0, 0.1) is 11.8 Å². The van der Waals surface area contributed by atoms with Crippen LogP contribution in [-0.4, -0.2) is 93.6 Å². The number of carbonyl (C=O) groups excluding carboxylic acids is 1. The third kappa shape index (κ3) is 4.32. The topological polar surface area (TPSA) is 66.1 Å². The fraction of sp³-hybridized carbons (Fsp3) is 0.947. The number of ether oxygens (including phenoxy) is 2. The largest absolute Gasteiger partial charge is 0.375 e. The van der Waals surface area contributed by atoms with E-state index < -0.39 is 0 Å². The fourth-order valence-corrected chi connectivity index (χ4v) is 4.90. The average molecular weight is 367 g/mol. The molecule has 4 saturated heterocycles. The van der Waals surface area contributed by atoms with Crippen molar-refractivity contribution in [3.8, 4) is 0 Å². The maximum absolute atomic E-state index is 12.9. The highest BCUT2D eigenvalue weighted by Crippen LogP contribution is 2.27. The van der Waals surface area contributed by atoms with Gasteiger partial charge >= 0.3 is 6.03 Å². The predicted octanol–water partition coefficient (Wildman–Crippen LogP) is 0.507. The van der Waals surface area contributed by atoms with Gasteiger partial charge in [-0.05, 0) is 37.5 Å². The van der Waals surface area contributed by atoms with Crippen LogP contribution in [0.3, 0.4) is 0 Å². The number of nitrogens with one attached hydrogen (secondary N) is 2. The minimum Gasteiger partial charge on any atom is -0.375 e. The number of urea groups is 1. The van der Waals surface area contributed by atoms with Gasteiger partial charge in [-0.1, -0.05) is 0 Å². The van der Waals surface area contributed by atoms with Gasteiger partial charge in [0, 0.05) is 52.4 Å². The molecule has 0 spiro atoms. The molecule has 26 heavy (non-hydrogen) atoms. The summed E-state index contributed by atoms with van der Waals surface area (Å²) in [5, 5.41) is 6.84. The maximum Gasteiger partial charge on any atom is 0.319 e. The molecule has 0 radical (unpaired) electrons. The molecular weight excluding hydrogens is 332 g/mol. The first-order valence-electron chi connectivity index (χ1n) is 10.5. The molecule has 4 aliphatic heterocycles. The normalized spacial score (nSPS) is 32.6. The summed E-state index contributed by atoms with van der Waals surface area (Å²) >= 11 is 0. The number of morpholine rings is 2. The molecule has 0 bridgehead atoms. The van der Waals surface area contributed by atoms with E-state index in [-0.39, 0.29) is 6.03 Å². The lowest BCUT2D eigenvalue weighted by Gasteiger charge is -2.42. The summed E-state index contributed by atoms with van der Waals surface area (Å²) in [7, 11) is 0. The van der Waals surface area contributed by atoms with Crippen LogP contribution < -0.4 is 10.6 Å². The second-order valence-corrected chi connectivity index (χ2v) is 8.16. The Morgan fingerprint density at radius 1 is 0.731 bits per heavy atom. The Bertz CT molecular complexity index is 410. The number of hydrogen-bond donors (Lipinski definition) is 2. The van der Waals surface area contributed by atoms with Crippen LogP contribution in [0.2, 0.25) is 0 Å². The van der Waals surface area contributed by atoms with Gasteiger partial charge in [0.2, 0.25) is 0 Å². The van der Waals surface area contributed by atoms with Crippen LogP contribution >= 0.6 is 0 Å². The van der Waals surface area contributed by atoms with Crippen molar-refractivity contribution in [2.45, 2.75) is 37.9 Å². The summed E-state index contributed by atoms with van der Waals surface area (Å²) in [4.78, 5) is 17.0. The van der Waals surface area contributed by atoms with E-state index in [1.165, 1.54) is 0 Å². The molecular formula is C19H34N4O3. The first-order chi connectivity index (χ1) is 12.8. The van der Waals surface area contributed by atoms with Gasteiger partial charge in [-0.3, -0.25) is 0 Å². The van der Waals surface area contributed by atoms with E-state index in [0.717, 1.165) is 91.3 Å². The van der Waals surface area contributed by atoms with Gasteiger partial charge in [-0.2, -0.15) is 0 Å². The van der Waals surface area contributed by atoms with Crippen LogP contribution in [-0.2, 0) is 9.47 Å². The van der Waals surface area contributed by atoms with Crippen molar-refractivity contribution in [1.29, 1.82) is 0 Å². The Hall–Kier alpha value is -0.890. The fourth-order valence-electron chi connectivity index (χ4n) is 4.90. The molecule has 0 saturated carbocycles. The molecule has 2 N–H and O–H groups in total. The van der Waals surface area contributed by atoms with E-state index in [0.29, 0.717) is 24.0 Å². The molecule has 7 nitrogen and oxygen atoms in total. The molecule has 7 heteroatoms. The Morgan fingerprint density at radius 2 is 1.15 bits per heavy atom. The summed E-state index contributed by atoms with van der Waals surface area (Å²) in [5.41, 5.74) is 0. The van der Waals surface area contributed by atoms with Crippen LogP contribution in [0.15, 0.2) is 0 Å². The smallest absolute Gasteiger partial charge is 0.319 e. The van der Waals surface area contributed by atoms with Gasteiger partial charge in [-0.15, -0.1) is 0 Å². The Morgan fingerprint density at radius 3 is 1.50 bits per heavy atom. The molecule has 0 aliphatic carbocycles. The van der Waals surface area contributed by atoms with Crippen molar-refractivity contribution in [1.82, 2.24) is 20.4 Å². The minimum atomic E-state index is 0.243. The van der Waals surface area contributed by atoms with Gasteiger partial charge in [0.05, 0.1) is 25.4 Å². The van der Waals surface area contributed by atoms with Gasteiger partial charge in [0.25, 0.3) is 0 Å². The standard InChI is InChI=1S/C19H34N4O3/c24-19(22-7-1-15(2-8-22)17-13-20-5-11-25-17)23-9-3-16(4-10-23)18-14-21-6-12-26-18/h15-18,20-21H,1-14H2. The molecule has 4 heterocycles. The highest BCUT2D eigenvalue weighted by Gasteiger charge is 2.34. The number of rotatable bonds is 2. The lowest BCUT2D eigenvalue weighted by atomic mass is 9.90. The van der Waals surface area contributed by atoms with Crippen LogP contribution in [0.25, 0.3) is 0 Å². The monoisotopic (exact) mass is 366 g/mol. The van der Waals surface area contributed by atoms with E-state index >= 15 is 0 Å². The van der Waals surface area contributed by atoms with E-state index in [2.05, 4.69) is 20.4 Å². The number of hydrogen-bond acceptors (Lipinski definition) is 5. The Labute approximate surface area is 156 Å². The maximum atomic E-state index is 12.9. The number of likely N-dealkylation sites (tertiary alicyclic amines) is 2. The zero-order valence-electron chi connectivity index (χ0n) is 15.8. The summed E-state index contributed by atoms with van der Waals surface area (Å²) in [6.45, 7) is 8.99. The molecule has 4 fully saturated rings. The van der Waals surface area contributed by atoms with Crippen molar-refractivity contribution >= 4 is 6.03 Å². The predicted molar refractivity (Wildman–Crippen MR) is 99.2 cm³/mol. The van der Waals surface area contributed by atoms with Gasteiger partial charge in [0.15, 0.2) is 0 Å². The van der Waals surface area contributed by atoms with E-state index in [4.69, 9.17) is 9.47 Å². The van der Waals surface area contributed by atoms with E-state index in [1.807, 2.05) is 0 Å². The van der Waals surface area contributed by atoms with Crippen molar-refractivity contribution in [3.63, 3.8) is 0 Å². The van der Waals surface area contributed by atoms with Crippen molar-refractivity contribution < 1.29 is 14.3 Å². The van der Waals surface area contributed by atoms with E-state index in [1.54, 1.807) is 0 Å². The summed E-state index contributed by atoms with van der Waals surface area (Å²) in [6, 6.07) is 0.243. The SMILES string of the molecule is O=C(N1CCC(C2CNCCO2)CC1)N1CCC(C2CNCCO2)CC1. The van der Waals surface area contributed by atoms with Crippen LogP contribution in [0.4, 0.5) is 4.79 Å². The first-order valence-corrected chi connectivity index (χ1v) is 10.5. The molecule has 0 aromatic heterocycles. The first kappa shape index (κ1) is 18.5. The lowest BCUT2D eigenvalue weighted by Crippen LogP contribution is -2.53. The summed E-state index contributed by atoms with van der Waals surface area (Å²) < 4.78 is 11.8.